The quantitative estimate of drug-likeness (QED) is 0.790. The summed E-state index contributed by atoms with van der Waals surface area (Å²) in [6, 6.07) is 1.55. The number of nitrogens with one attached hydrogen (secondary N) is 1. The molecule has 2 fully saturated rings. The minimum atomic E-state index is -4.20. The van der Waals surface area contributed by atoms with Gasteiger partial charge in [0.2, 0.25) is 0 Å². The summed E-state index contributed by atoms with van der Waals surface area (Å²) in [5.74, 6) is 0.592. The second kappa shape index (κ2) is 7.59. The van der Waals surface area contributed by atoms with Gasteiger partial charge in [-0.1, -0.05) is 11.6 Å². The fourth-order valence-corrected chi connectivity index (χ4v) is 3.98. The van der Waals surface area contributed by atoms with Gasteiger partial charge in [0.1, 0.15) is 11.4 Å². The van der Waals surface area contributed by atoms with Crippen LogP contribution in [-0.2, 0) is 4.74 Å². The number of hydrogen-bond acceptors (Lipinski definition) is 5. The predicted octanol–water partition coefficient (Wildman–Crippen LogP) is 4.30. The number of anilines is 2. The van der Waals surface area contributed by atoms with Gasteiger partial charge >= 0.3 is 12.3 Å². The highest BCUT2D eigenvalue weighted by atomic mass is 35.5. The lowest BCUT2D eigenvalue weighted by atomic mass is 10.1. The van der Waals surface area contributed by atoms with Crippen molar-refractivity contribution in [2.24, 2.45) is 0 Å². The Morgan fingerprint density at radius 1 is 1.29 bits per heavy atom. The van der Waals surface area contributed by atoms with Gasteiger partial charge in [0.15, 0.2) is 0 Å². The third-order valence-corrected chi connectivity index (χ3v) is 5.00. The zero-order chi connectivity index (χ0) is 20.7. The lowest BCUT2D eigenvalue weighted by molar-refractivity contribution is -0.147. The van der Waals surface area contributed by atoms with E-state index in [-0.39, 0.29) is 17.1 Å². The Morgan fingerprint density at radius 3 is 2.43 bits per heavy atom. The van der Waals surface area contributed by atoms with Gasteiger partial charge in [-0.3, -0.25) is 10.2 Å². The summed E-state index contributed by atoms with van der Waals surface area (Å²) in [6.45, 7) is 5.02. The van der Waals surface area contributed by atoms with Crippen LogP contribution in [0.1, 0.15) is 33.6 Å². The van der Waals surface area contributed by atoms with Crippen LogP contribution in [-0.4, -0.2) is 59.5 Å². The van der Waals surface area contributed by atoms with Crippen LogP contribution in [0.15, 0.2) is 12.3 Å². The molecule has 28 heavy (non-hydrogen) atoms. The monoisotopic (exact) mass is 420 g/mol. The average Bonchev–Trinajstić information content (AvgIpc) is 2.77. The highest BCUT2D eigenvalue weighted by Gasteiger charge is 2.43. The maximum atomic E-state index is 12.7. The maximum Gasteiger partial charge on any atom is 0.412 e. The number of rotatable bonds is 3. The Kier molecular flexibility index (Phi) is 5.69. The molecule has 2 aliphatic rings. The van der Waals surface area contributed by atoms with E-state index in [1.807, 2.05) is 4.90 Å². The lowest BCUT2D eigenvalue weighted by Crippen LogP contribution is -2.55. The number of halogens is 4. The van der Waals surface area contributed by atoms with Gasteiger partial charge in [-0.05, 0) is 33.6 Å². The van der Waals surface area contributed by atoms with Gasteiger partial charge < -0.3 is 9.64 Å². The standard InChI is InChI=1S/C18H24ClF3N4O2/c1-17(2,3)28-16(27)24-14-6-15(23-7-13(14)19)26-11-4-5-12(26)9-25(8-11)10-18(20,21)22/h6-7,11-12H,4-5,8-10H2,1-3H3,(H,23,24,27). The van der Waals surface area contributed by atoms with Crippen molar-refractivity contribution in [2.45, 2.75) is 57.5 Å². The molecule has 6 nitrogen and oxygen atoms in total. The molecule has 0 radical (unpaired) electrons. The van der Waals surface area contributed by atoms with Crippen molar-refractivity contribution < 1.29 is 22.7 Å². The predicted molar refractivity (Wildman–Crippen MR) is 101 cm³/mol. The van der Waals surface area contributed by atoms with Crippen molar-refractivity contribution in [3.8, 4) is 0 Å². The molecule has 0 spiro atoms. The van der Waals surface area contributed by atoms with Crippen LogP contribution in [0, 0.1) is 0 Å². The topological polar surface area (TPSA) is 57.7 Å². The van der Waals surface area contributed by atoms with E-state index < -0.39 is 24.4 Å². The molecule has 1 amide bonds. The molecular weight excluding hydrogens is 397 g/mol. The number of aromatic nitrogens is 1. The first kappa shape index (κ1) is 21.0. The molecule has 2 bridgehead atoms. The van der Waals surface area contributed by atoms with Crippen LogP contribution in [0.2, 0.25) is 5.02 Å². The van der Waals surface area contributed by atoms with Crippen molar-refractivity contribution in [2.75, 3.05) is 29.9 Å². The molecule has 2 aliphatic heterocycles. The highest BCUT2D eigenvalue weighted by molar-refractivity contribution is 6.33. The third-order valence-electron chi connectivity index (χ3n) is 4.70. The summed E-state index contributed by atoms with van der Waals surface area (Å²) in [5.41, 5.74) is -0.293. The fourth-order valence-electron chi connectivity index (χ4n) is 3.83. The fraction of sp³-hybridized carbons (Fsp3) is 0.667. The summed E-state index contributed by atoms with van der Waals surface area (Å²) in [7, 11) is 0. The Labute approximate surface area is 167 Å². The van der Waals surface area contributed by atoms with E-state index in [1.54, 1.807) is 26.8 Å². The number of nitrogens with zero attached hydrogens (tertiary/aromatic N) is 3. The van der Waals surface area contributed by atoms with E-state index in [9.17, 15) is 18.0 Å². The second-order valence-electron chi connectivity index (χ2n) is 8.25. The van der Waals surface area contributed by atoms with Crippen LogP contribution >= 0.6 is 11.6 Å². The van der Waals surface area contributed by atoms with Gasteiger partial charge in [-0.15, -0.1) is 0 Å². The Morgan fingerprint density at radius 2 is 1.89 bits per heavy atom. The Balaban J connectivity index is 1.74. The molecule has 3 rings (SSSR count). The SMILES string of the molecule is CC(C)(C)OC(=O)Nc1cc(N2C3CCC2CN(CC(F)(F)F)C3)ncc1Cl. The first-order chi connectivity index (χ1) is 12.9. The number of carbonyl (C=O) groups excluding carboxylic acids is 1. The molecule has 2 unspecified atom stereocenters. The van der Waals surface area contributed by atoms with Crippen molar-refractivity contribution in [3.05, 3.63) is 17.3 Å². The van der Waals surface area contributed by atoms with E-state index in [0.29, 0.717) is 24.6 Å². The number of ether oxygens (including phenoxy) is 1. The number of piperazine rings is 1. The summed E-state index contributed by atoms with van der Waals surface area (Å²) in [6.07, 6.45) is -1.80. The summed E-state index contributed by atoms with van der Waals surface area (Å²) in [4.78, 5) is 19.9. The van der Waals surface area contributed by atoms with Crippen molar-refractivity contribution in [1.29, 1.82) is 0 Å². The molecule has 0 saturated carbocycles. The summed E-state index contributed by atoms with van der Waals surface area (Å²) >= 11 is 6.15. The molecular formula is C18H24ClF3N4O2. The number of fused-ring (bicyclic) bond motifs is 2. The van der Waals surface area contributed by atoms with Crippen LogP contribution in [0.3, 0.4) is 0 Å². The van der Waals surface area contributed by atoms with E-state index >= 15 is 0 Å². The Hall–Kier alpha value is -1.74. The third kappa shape index (κ3) is 5.20. The first-order valence-electron chi connectivity index (χ1n) is 9.14. The first-order valence-corrected chi connectivity index (χ1v) is 9.52. The molecule has 0 aromatic carbocycles. The number of hydrogen-bond donors (Lipinski definition) is 1. The number of carbonyl (C=O) groups is 1. The van der Waals surface area contributed by atoms with E-state index in [1.165, 1.54) is 11.1 Å². The Bertz CT molecular complexity index is 725. The van der Waals surface area contributed by atoms with Crippen molar-refractivity contribution in [1.82, 2.24) is 9.88 Å². The molecule has 3 heterocycles. The number of amides is 1. The van der Waals surface area contributed by atoms with Crippen molar-refractivity contribution >= 4 is 29.2 Å². The van der Waals surface area contributed by atoms with E-state index in [4.69, 9.17) is 16.3 Å². The highest BCUT2D eigenvalue weighted by Crippen LogP contribution is 2.37. The summed E-state index contributed by atoms with van der Waals surface area (Å²) in [5, 5.41) is 2.88. The maximum absolute atomic E-state index is 12.7. The normalized spacial score (nSPS) is 23.0. The van der Waals surface area contributed by atoms with Crippen LogP contribution in [0.4, 0.5) is 29.5 Å². The molecule has 1 N–H and O–H groups in total. The number of alkyl halides is 3. The molecule has 156 valence electrons. The number of pyridine rings is 1. The van der Waals surface area contributed by atoms with E-state index in [2.05, 4.69) is 10.3 Å². The van der Waals surface area contributed by atoms with Crippen LogP contribution in [0.5, 0.6) is 0 Å². The van der Waals surface area contributed by atoms with E-state index in [0.717, 1.165) is 12.8 Å². The molecule has 0 aliphatic carbocycles. The molecule has 2 saturated heterocycles. The molecule has 1 aromatic heterocycles. The van der Waals surface area contributed by atoms with Crippen LogP contribution < -0.4 is 10.2 Å². The van der Waals surface area contributed by atoms with Gasteiger partial charge in [-0.2, -0.15) is 13.2 Å². The zero-order valence-corrected chi connectivity index (χ0v) is 16.8. The second-order valence-corrected chi connectivity index (χ2v) is 8.66. The zero-order valence-electron chi connectivity index (χ0n) is 16.0. The molecule has 1 aromatic rings. The molecule has 2 atom stereocenters. The van der Waals surface area contributed by atoms with Gasteiger partial charge in [0.05, 0.1) is 23.5 Å². The minimum Gasteiger partial charge on any atom is -0.444 e. The van der Waals surface area contributed by atoms with Crippen LogP contribution in [0.25, 0.3) is 0 Å². The lowest BCUT2D eigenvalue weighted by Gasteiger charge is -2.42. The van der Waals surface area contributed by atoms with Gasteiger partial charge in [0.25, 0.3) is 0 Å². The molecule has 10 heteroatoms. The smallest absolute Gasteiger partial charge is 0.412 e. The minimum absolute atomic E-state index is 0.0517. The van der Waals surface area contributed by atoms with Gasteiger partial charge in [-0.25, -0.2) is 9.78 Å². The largest absolute Gasteiger partial charge is 0.444 e. The number of likely N-dealkylation sites (tertiary alicyclic amines) is 1. The average molecular weight is 421 g/mol. The van der Waals surface area contributed by atoms with Gasteiger partial charge in [0, 0.05) is 31.2 Å². The van der Waals surface area contributed by atoms with Crippen molar-refractivity contribution in [3.63, 3.8) is 0 Å². The summed E-state index contributed by atoms with van der Waals surface area (Å²) < 4.78 is 43.5.